The lowest BCUT2D eigenvalue weighted by Crippen LogP contribution is -2.20. The van der Waals surface area contributed by atoms with Crippen LogP contribution >= 0.6 is 0 Å². The molecule has 0 saturated heterocycles. The summed E-state index contributed by atoms with van der Waals surface area (Å²) in [6.07, 6.45) is -10.4. The van der Waals surface area contributed by atoms with Crippen molar-refractivity contribution in [2.24, 2.45) is 0 Å². The Kier molecular flexibility index (Phi) is 2.62. The van der Waals surface area contributed by atoms with Crippen molar-refractivity contribution >= 4 is 0 Å². The maximum atomic E-state index is 12.6. The summed E-state index contributed by atoms with van der Waals surface area (Å²) in [6.45, 7) is 0. The van der Waals surface area contributed by atoms with Crippen LogP contribution in [0.3, 0.4) is 0 Å². The van der Waals surface area contributed by atoms with Crippen LogP contribution in [0.1, 0.15) is 11.3 Å². The van der Waals surface area contributed by atoms with Crippen molar-refractivity contribution in [2.75, 3.05) is 0 Å². The molecule has 0 atom stereocenters. The third kappa shape index (κ3) is 2.37. The maximum Gasteiger partial charge on any atom is 0.434 e. The van der Waals surface area contributed by atoms with E-state index in [0.29, 0.717) is 6.20 Å². The minimum atomic E-state index is -5.43. The van der Waals surface area contributed by atoms with Crippen LogP contribution in [0.25, 0.3) is 0 Å². The monoisotopic (exact) mass is 233 g/mol. The Morgan fingerprint density at radius 2 is 1.47 bits per heavy atom. The predicted octanol–water partition coefficient (Wildman–Crippen LogP) is 3.26. The highest BCUT2D eigenvalue weighted by molar-refractivity contribution is 5.27. The van der Waals surface area contributed by atoms with E-state index in [9.17, 15) is 30.7 Å². The number of hydrogen-bond acceptors (Lipinski definition) is 1. The van der Waals surface area contributed by atoms with Gasteiger partial charge in [-0.15, -0.1) is 0 Å². The molecule has 0 aromatic carbocycles. The molecule has 1 aromatic rings. The van der Waals surface area contributed by atoms with Gasteiger partial charge in [-0.05, 0) is 6.07 Å². The molecular weight excluding hydrogens is 231 g/mol. The normalized spacial score (nSPS) is 13.0. The Morgan fingerprint density at radius 3 is 1.80 bits per heavy atom. The van der Waals surface area contributed by atoms with Gasteiger partial charge in [0.1, 0.15) is 11.4 Å². The SMILES string of the molecule is Fc1ccnc(C(F)(F)F)c1C(F)(F)F. The van der Waals surface area contributed by atoms with Crippen LogP contribution in [0.15, 0.2) is 12.3 Å². The van der Waals surface area contributed by atoms with Gasteiger partial charge >= 0.3 is 12.4 Å². The highest BCUT2D eigenvalue weighted by Crippen LogP contribution is 2.39. The van der Waals surface area contributed by atoms with E-state index in [1.807, 2.05) is 0 Å². The van der Waals surface area contributed by atoms with E-state index in [-0.39, 0.29) is 6.07 Å². The Balaban J connectivity index is 3.48. The fraction of sp³-hybridized carbons (Fsp3) is 0.286. The molecule has 0 aliphatic heterocycles. The predicted molar refractivity (Wildman–Crippen MR) is 34.2 cm³/mol. The lowest BCUT2D eigenvalue weighted by atomic mass is 10.1. The molecule has 0 saturated carbocycles. The van der Waals surface area contributed by atoms with Crippen molar-refractivity contribution in [1.82, 2.24) is 4.98 Å². The average Bonchev–Trinajstić information content (AvgIpc) is 1.99. The van der Waals surface area contributed by atoms with Crippen molar-refractivity contribution in [3.05, 3.63) is 29.3 Å². The van der Waals surface area contributed by atoms with Gasteiger partial charge < -0.3 is 0 Å². The number of aromatic nitrogens is 1. The van der Waals surface area contributed by atoms with Crippen molar-refractivity contribution in [3.63, 3.8) is 0 Å². The second-order valence-electron chi connectivity index (χ2n) is 2.51. The molecule has 1 heterocycles. The summed E-state index contributed by atoms with van der Waals surface area (Å²) < 4.78 is 84.9. The van der Waals surface area contributed by atoms with Crippen LogP contribution in [0.2, 0.25) is 0 Å². The fourth-order valence-electron chi connectivity index (χ4n) is 0.923. The smallest absolute Gasteiger partial charge is 0.251 e. The Bertz CT molecular complexity index is 365. The molecule has 0 unspecified atom stereocenters. The number of pyridine rings is 1. The van der Waals surface area contributed by atoms with Gasteiger partial charge in [0.05, 0.1) is 0 Å². The molecule has 1 rings (SSSR count). The van der Waals surface area contributed by atoms with Crippen LogP contribution in [0.5, 0.6) is 0 Å². The Morgan fingerprint density at radius 1 is 0.933 bits per heavy atom. The summed E-state index contributed by atoms with van der Waals surface area (Å²) >= 11 is 0. The molecule has 0 N–H and O–H groups in total. The average molecular weight is 233 g/mol. The summed E-state index contributed by atoms with van der Waals surface area (Å²) in [4.78, 5) is 2.49. The van der Waals surface area contributed by atoms with Crippen LogP contribution in [-0.4, -0.2) is 4.98 Å². The van der Waals surface area contributed by atoms with Gasteiger partial charge in [0.25, 0.3) is 0 Å². The molecule has 1 nitrogen and oxygen atoms in total. The van der Waals surface area contributed by atoms with Gasteiger partial charge in [-0.1, -0.05) is 0 Å². The second kappa shape index (κ2) is 3.35. The largest absolute Gasteiger partial charge is 0.434 e. The molecule has 0 spiro atoms. The molecule has 15 heavy (non-hydrogen) atoms. The van der Waals surface area contributed by atoms with Gasteiger partial charge in [0, 0.05) is 6.20 Å². The van der Waals surface area contributed by atoms with Gasteiger partial charge in [0.15, 0.2) is 5.69 Å². The number of alkyl halides is 6. The zero-order valence-electron chi connectivity index (χ0n) is 6.75. The molecule has 0 aliphatic carbocycles. The number of nitrogens with zero attached hydrogens (tertiary/aromatic N) is 1. The highest BCUT2D eigenvalue weighted by atomic mass is 19.4. The Labute approximate surface area is 78.5 Å². The summed E-state index contributed by atoms with van der Waals surface area (Å²) in [5.41, 5.74) is -4.66. The lowest BCUT2D eigenvalue weighted by Gasteiger charge is -2.14. The molecule has 0 amide bonds. The van der Waals surface area contributed by atoms with Crippen molar-refractivity contribution in [3.8, 4) is 0 Å². The summed E-state index contributed by atoms with van der Waals surface area (Å²) in [5, 5.41) is 0. The molecule has 0 radical (unpaired) electrons. The number of halogens is 7. The zero-order valence-corrected chi connectivity index (χ0v) is 6.75. The van der Waals surface area contributed by atoms with Crippen LogP contribution in [-0.2, 0) is 12.4 Å². The van der Waals surface area contributed by atoms with Crippen molar-refractivity contribution in [2.45, 2.75) is 12.4 Å². The second-order valence-corrected chi connectivity index (χ2v) is 2.51. The van der Waals surface area contributed by atoms with Gasteiger partial charge in [-0.25, -0.2) is 4.39 Å². The van der Waals surface area contributed by atoms with Crippen molar-refractivity contribution in [1.29, 1.82) is 0 Å². The van der Waals surface area contributed by atoms with Crippen LogP contribution in [0, 0.1) is 5.82 Å². The first-order valence-electron chi connectivity index (χ1n) is 3.43. The van der Waals surface area contributed by atoms with Crippen LogP contribution < -0.4 is 0 Å². The van der Waals surface area contributed by atoms with Gasteiger partial charge in [0.2, 0.25) is 0 Å². The molecule has 1 aromatic heterocycles. The first-order valence-corrected chi connectivity index (χ1v) is 3.43. The quantitative estimate of drug-likeness (QED) is 0.626. The van der Waals surface area contributed by atoms with E-state index in [4.69, 9.17) is 0 Å². The first-order chi connectivity index (χ1) is 6.64. The number of rotatable bonds is 0. The van der Waals surface area contributed by atoms with E-state index in [2.05, 4.69) is 4.98 Å². The maximum absolute atomic E-state index is 12.6. The summed E-state index contributed by atoms with van der Waals surface area (Å²) in [7, 11) is 0. The summed E-state index contributed by atoms with van der Waals surface area (Å²) in [6, 6.07) is 0.220. The Hall–Kier alpha value is -1.34. The van der Waals surface area contributed by atoms with Crippen LogP contribution in [0.4, 0.5) is 30.7 Å². The van der Waals surface area contributed by atoms with Crippen molar-refractivity contribution < 1.29 is 30.7 Å². The standard InChI is InChI=1S/C7H2F7N/c8-3-1-2-15-5(7(12,13)14)4(3)6(9,10)11/h1-2H. The molecule has 0 aliphatic rings. The van der Waals surface area contributed by atoms with Gasteiger partial charge in [-0.2, -0.15) is 26.3 Å². The highest BCUT2D eigenvalue weighted by Gasteiger charge is 2.46. The van der Waals surface area contributed by atoms with E-state index in [0.717, 1.165) is 0 Å². The van der Waals surface area contributed by atoms with E-state index in [1.54, 1.807) is 0 Å². The summed E-state index contributed by atoms with van der Waals surface area (Å²) in [5.74, 6) is -2.00. The topological polar surface area (TPSA) is 12.9 Å². The zero-order chi connectivity index (χ0) is 11.9. The van der Waals surface area contributed by atoms with E-state index < -0.39 is 29.4 Å². The molecule has 8 heteroatoms. The van der Waals surface area contributed by atoms with E-state index in [1.165, 1.54) is 0 Å². The number of hydrogen-bond donors (Lipinski definition) is 0. The lowest BCUT2D eigenvalue weighted by molar-refractivity contribution is -0.166. The third-order valence-electron chi connectivity index (χ3n) is 1.45. The van der Waals surface area contributed by atoms with Gasteiger partial charge in [-0.3, -0.25) is 4.98 Å². The fourth-order valence-corrected chi connectivity index (χ4v) is 0.923. The minimum absolute atomic E-state index is 0.220. The minimum Gasteiger partial charge on any atom is -0.251 e. The molecule has 0 bridgehead atoms. The first kappa shape index (κ1) is 11.7. The molecule has 0 fully saturated rings. The molecule has 84 valence electrons. The van der Waals surface area contributed by atoms with E-state index >= 15 is 0 Å². The third-order valence-corrected chi connectivity index (χ3v) is 1.45. The molecular formula is C7H2F7N.